The number of carboxylic acid groups (broad SMARTS) is 1. The van der Waals surface area contributed by atoms with Crippen LogP contribution in [-0.2, 0) is 16.0 Å². The van der Waals surface area contributed by atoms with Gasteiger partial charge in [-0.15, -0.1) is 0 Å². The number of hydrogen-bond donors (Lipinski definition) is 1. The smallest absolute Gasteiger partial charge is 0.311 e. The van der Waals surface area contributed by atoms with Crippen molar-refractivity contribution in [3.05, 3.63) is 33.4 Å². The van der Waals surface area contributed by atoms with Crippen LogP contribution in [0.1, 0.15) is 25.3 Å². The molecule has 0 spiro atoms. The number of nitrogens with zero attached hydrogens (tertiary/aromatic N) is 1. The minimum Gasteiger partial charge on any atom is -0.481 e. The summed E-state index contributed by atoms with van der Waals surface area (Å²) >= 11 is 2.22. The minimum atomic E-state index is -0.815. The molecule has 108 valence electrons. The zero-order chi connectivity index (χ0) is 14.8. The number of piperidine rings is 1. The number of aliphatic carboxylic acids is 1. The highest BCUT2D eigenvalue weighted by atomic mass is 127. The average molecular weight is 387 g/mol. The van der Waals surface area contributed by atoms with E-state index in [1.54, 1.807) is 11.8 Å². The van der Waals surface area contributed by atoms with E-state index in [4.69, 9.17) is 0 Å². The largest absolute Gasteiger partial charge is 0.481 e. The quantitative estimate of drug-likeness (QED) is 0.812. The molecular formula is C15H18INO3. The van der Waals surface area contributed by atoms with E-state index in [1.165, 1.54) is 0 Å². The molecule has 1 aromatic carbocycles. The van der Waals surface area contributed by atoms with E-state index in [9.17, 15) is 14.7 Å². The predicted molar refractivity (Wildman–Crippen MR) is 84.4 cm³/mol. The number of likely N-dealkylation sites (tertiary alicyclic amines) is 1. The molecule has 4 nitrogen and oxygen atoms in total. The van der Waals surface area contributed by atoms with Crippen LogP contribution < -0.4 is 0 Å². The van der Waals surface area contributed by atoms with Crippen LogP contribution in [0.25, 0.3) is 0 Å². The maximum absolute atomic E-state index is 12.4. The highest BCUT2D eigenvalue weighted by Crippen LogP contribution is 2.30. The molecule has 1 aliphatic heterocycles. The summed E-state index contributed by atoms with van der Waals surface area (Å²) in [5.41, 5.74) is 0.193. The number of benzene rings is 1. The lowest BCUT2D eigenvalue weighted by molar-refractivity contribution is -0.153. The van der Waals surface area contributed by atoms with Crippen LogP contribution in [0.15, 0.2) is 24.3 Å². The van der Waals surface area contributed by atoms with Gasteiger partial charge in [-0.3, -0.25) is 9.59 Å². The predicted octanol–water partition coefficient (Wildman–Crippen LogP) is 2.55. The third-order valence-corrected chi connectivity index (χ3v) is 4.92. The lowest BCUT2D eigenvalue weighted by Crippen LogP contribution is -2.48. The third-order valence-electron chi connectivity index (χ3n) is 3.86. The molecule has 0 bridgehead atoms. The van der Waals surface area contributed by atoms with Gasteiger partial charge in [0.2, 0.25) is 5.91 Å². The second-order valence-electron chi connectivity index (χ2n) is 5.55. The second kappa shape index (κ2) is 6.11. The molecule has 0 saturated carbocycles. The van der Waals surface area contributed by atoms with Gasteiger partial charge in [-0.1, -0.05) is 18.2 Å². The monoisotopic (exact) mass is 387 g/mol. The van der Waals surface area contributed by atoms with Crippen LogP contribution >= 0.6 is 22.6 Å². The molecule has 2 rings (SSSR count). The van der Waals surface area contributed by atoms with Crippen molar-refractivity contribution in [3.63, 3.8) is 0 Å². The highest BCUT2D eigenvalue weighted by Gasteiger charge is 2.39. The van der Waals surface area contributed by atoms with Gasteiger partial charge < -0.3 is 10.0 Å². The Morgan fingerprint density at radius 3 is 2.75 bits per heavy atom. The molecule has 1 atom stereocenters. The third kappa shape index (κ3) is 3.31. The molecule has 1 fully saturated rings. The van der Waals surface area contributed by atoms with E-state index in [2.05, 4.69) is 22.6 Å². The van der Waals surface area contributed by atoms with Crippen LogP contribution in [0, 0.1) is 8.99 Å². The molecule has 1 unspecified atom stereocenters. The summed E-state index contributed by atoms with van der Waals surface area (Å²) in [4.78, 5) is 25.4. The van der Waals surface area contributed by atoms with Crippen molar-refractivity contribution in [2.75, 3.05) is 13.1 Å². The topological polar surface area (TPSA) is 57.6 Å². The molecule has 1 aromatic rings. The fraction of sp³-hybridized carbons (Fsp3) is 0.467. The molecular weight excluding hydrogens is 369 g/mol. The highest BCUT2D eigenvalue weighted by molar-refractivity contribution is 14.1. The minimum absolute atomic E-state index is 0.0151. The van der Waals surface area contributed by atoms with Crippen LogP contribution in [0.2, 0.25) is 0 Å². The van der Waals surface area contributed by atoms with Gasteiger partial charge in [0.1, 0.15) is 0 Å². The Balaban J connectivity index is 2.06. The Bertz CT molecular complexity index is 532. The molecule has 5 heteroatoms. The van der Waals surface area contributed by atoms with Crippen LogP contribution in [-0.4, -0.2) is 35.0 Å². The maximum atomic E-state index is 12.4. The summed E-state index contributed by atoms with van der Waals surface area (Å²) in [5, 5.41) is 9.29. The summed E-state index contributed by atoms with van der Waals surface area (Å²) in [6.45, 7) is 2.69. The Hall–Kier alpha value is -1.11. The SMILES string of the molecule is CC1(C(=O)O)CCCN(C(=O)Cc2ccccc2I)C1. The second-order valence-corrected chi connectivity index (χ2v) is 6.72. The van der Waals surface area contributed by atoms with E-state index in [0.717, 1.165) is 15.6 Å². The number of halogens is 1. The summed E-state index contributed by atoms with van der Waals surface area (Å²) < 4.78 is 1.07. The number of carboxylic acids is 1. The van der Waals surface area contributed by atoms with Crippen molar-refractivity contribution < 1.29 is 14.7 Å². The molecule has 0 aliphatic carbocycles. The fourth-order valence-corrected chi connectivity index (χ4v) is 3.12. The van der Waals surface area contributed by atoms with E-state index in [1.807, 2.05) is 24.3 Å². The van der Waals surface area contributed by atoms with Gasteiger partial charge in [-0.05, 0) is 54.0 Å². The van der Waals surface area contributed by atoms with Gasteiger partial charge >= 0.3 is 5.97 Å². The molecule has 0 aromatic heterocycles. The van der Waals surface area contributed by atoms with Crippen molar-refractivity contribution in [3.8, 4) is 0 Å². The molecule has 1 aliphatic rings. The normalized spacial score (nSPS) is 22.6. The molecule has 1 amide bonds. The van der Waals surface area contributed by atoms with Crippen LogP contribution in [0.5, 0.6) is 0 Å². The van der Waals surface area contributed by atoms with Crippen LogP contribution in [0.3, 0.4) is 0 Å². The Morgan fingerprint density at radius 1 is 1.40 bits per heavy atom. The summed E-state index contributed by atoms with van der Waals surface area (Å²) in [6.07, 6.45) is 1.73. The number of hydrogen-bond acceptors (Lipinski definition) is 2. The van der Waals surface area contributed by atoms with Crippen molar-refractivity contribution >= 4 is 34.5 Å². The number of rotatable bonds is 3. The first-order valence-electron chi connectivity index (χ1n) is 6.67. The van der Waals surface area contributed by atoms with Crippen molar-refractivity contribution in [1.82, 2.24) is 4.90 Å². The van der Waals surface area contributed by atoms with E-state index in [-0.39, 0.29) is 5.91 Å². The van der Waals surface area contributed by atoms with Gasteiger partial charge in [-0.25, -0.2) is 0 Å². The first kappa shape index (κ1) is 15.3. The number of carbonyl (C=O) groups is 2. The summed E-state index contributed by atoms with van der Waals surface area (Å²) in [6, 6.07) is 7.78. The van der Waals surface area contributed by atoms with E-state index >= 15 is 0 Å². The van der Waals surface area contributed by atoms with Gasteiger partial charge in [0.15, 0.2) is 0 Å². The van der Waals surface area contributed by atoms with Gasteiger partial charge in [0.25, 0.3) is 0 Å². The lowest BCUT2D eigenvalue weighted by atomic mass is 9.82. The fourth-order valence-electron chi connectivity index (χ4n) is 2.54. The van der Waals surface area contributed by atoms with Gasteiger partial charge in [0.05, 0.1) is 11.8 Å². The Labute approximate surface area is 132 Å². The first-order valence-corrected chi connectivity index (χ1v) is 7.75. The van der Waals surface area contributed by atoms with Gasteiger partial charge in [-0.2, -0.15) is 0 Å². The molecule has 20 heavy (non-hydrogen) atoms. The van der Waals surface area contributed by atoms with Crippen molar-refractivity contribution in [1.29, 1.82) is 0 Å². The molecule has 0 radical (unpaired) electrons. The average Bonchev–Trinajstić information content (AvgIpc) is 2.41. The Kier molecular flexibility index (Phi) is 4.67. The van der Waals surface area contributed by atoms with E-state index < -0.39 is 11.4 Å². The number of carbonyl (C=O) groups excluding carboxylic acids is 1. The summed E-state index contributed by atoms with van der Waals surface area (Å²) in [7, 11) is 0. The Morgan fingerprint density at radius 2 is 2.10 bits per heavy atom. The molecule has 1 saturated heterocycles. The summed E-state index contributed by atoms with van der Waals surface area (Å²) in [5.74, 6) is -0.800. The lowest BCUT2D eigenvalue weighted by Gasteiger charge is -2.37. The number of amides is 1. The van der Waals surface area contributed by atoms with Crippen LogP contribution in [0.4, 0.5) is 0 Å². The standard InChI is InChI=1S/C15H18INO3/c1-15(14(19)20)7-4-8-17(10-15)13(18)9-11-5-2-3-6-12(11)16/h2-3,5-6H,4,7-10H2,1H3,(H,19,20). The van der Waals surface area contributed by atoms with Gasteiger partial charge in [0, 0.05) is 16.7 Å². The maximum Gasteiger partial charge on any atom is 0.311 e. The van der Waals surface area contributed by atoms with Crippen molar-refractivity contribution in [2.24, 2.45) is 5.41 Å². The first-order chi connectivity index (χ1) is 9.42. The zero-order valence-corrected chi connectivity index (χ0v) is 13.6. The zero-order valence-electron chi connectivity index (χ0n) is 11.4. The molecule has 1 N–H and O–H groups in total. The molecule has 1 heterocycles. The van der Waals surface area contributed by atoms with Crippen molar-refractivity contribution in [2.45, 2.75) is 26.2 Å². The van der Waals surface area contributed by atoms with E-state index in [0.29, 0.717) is 25.9 Å².